The molecule has 2 aliphatic rings. The van der Waals surface area contributed by atoms with Gasteiger partial charge in [-0.15, -0.1) is 0 Å². The smallest absolute Gasteiger partial charge is 0.391 e. The molecular formula is C28H27ClN2O10. The van der Waals surface area contributed by atoms with Crippen molar-refractivity contribution in [3.05, 3.63) is 48.3 Å². The molecule has 0 N–H and O–H groups in total. The van der Waals surface area contributed by atoms with Gasteiger partial charge in [0.05, 0.1) is 29.8 Å². The number of fused-ring (bicyclic) bond motifs is 4. The van der Waals surface area contributed by atoms with Crippen molar-refractivity contribution in [3.63, 3.8) is 0 Å². The maximum atomic E-state index is 12.1. The molecule has 0 atom stereocenters. The second-order valence-corrected chi connectivity index (χ2v) is 8.95. The molecule has 216 valence electrons. The van der Waals surface area contributed by atoms with Gasteiger partial charge in [0, 0.05) is 49.4 Å². The summed E-state index contributed by atoms with van der Waals surface area (Å²) < 4.78 is 34.0. The van der Waals surface area contributed by atoms with Crippen LogP contribution < -0.4 is 18.9 Å². The molecule has 0 spiro atoms. The van der Waals surface area contributed by atoms with Crippen LogP contribution in [0, 0.1) is 0 Å². The molecule has 12 nitrogen and oxygen atoms in total. The zero-order chi connectivity index (χ0) is 29.7. The van der Waals surface area contributed by atoms with E-state index >= 15 is 0 Å². The van der Waals surface area contributed by atoms with Crippen molar-refractivity contribution in [1.82, 2.24) is 9.13 Å². The van der Waals surface area contributed by atoms with Crippen LogP contribution in [-0.2, 0) is 38.0 Å². The van der Waals surface area contributed by atoms with E-state index in [4.69, 9.17) is 35.3 Å². The van der Waals surface area contributed by atoms with E-state index in [1.165, 1.54) is 10.9 Å². The summed E-state index contributed by atoms with van der Waals surface area (Å²) in [5, 5.41) is 0.758. The Hall–Kier alpha value is -4.71. The number of esters is 2. The molecule has 0 saturated heterocycles. The summed E-state index contributed by atoms with van der Waals surface area (Å²) in [7, 11) is 3.82. The van der Waals surface area contributed by atoms with Crippen LogP contribution in [0.15, 0.2) is 42.7 Å². The first-order valence-electron chi connectivity index (χ1n) is 12.5. The fourth-order valence-corrected chi connectivity index (χ4v) is 4.16. The predicted octanol–water partition coefficient (Wildman–Crippen LogP) is 3.87. The molecule has 0 bridgehead atoms. The van der Waals surface area contributed by atoms with Crippen LogP contribution in [-0.4, -0.2) is 58.9 Å². The van der Waals surface area contributed by atoms with Gasteiger partial charge in [-0.2, -0.15) is 0 Å². The Bertz CT molecular complexity index is 1640. The van der Waals surface area contributed by atoms with Gasteiger partial charge in [-0.1, -0.05) is 0 Å². The molecule has 2 aliphatic heterocycles. The largest absolute Gasteiger partial charge is 0.460 e. The maximum absolute atomic E-state index is 12.1. The van der Waals surface area contributed by atoms with Gasteiger partial charge in [-0.3, -0.25) is 9.59 Å². The highest BCUT2D eigenvalue weighted by molar-refractivity contribution is 6.80. The number of ketones is 1. The lowest BCUT2D eigenvalue weighted by atomic mass is 10.1. The van der Waals surface area contributed by atoms with Gasteiger partial charge in [-0.25, -0.2) is 9.59 Å². The number of hydrogen-bond donors (Lipinski definition) is 0. The van der Waals surface area contributed by atoms with Gasteiger partial charge in [0.2, 0.25) is 13.6 Å². The fraction of sp³-hybridized carbons (Fsp3) is 0.286. The molecule has 0 fully saturated rings. The first-order chi connectivity index (χ1) is 19.6. The lowest BCUT2D eigenvalue weighted by molar-refractivity contribution is -0.149. The van der Waals surface area contributed by atoms with E-state index in [1.54, 1.807) is 43.8 Å². The Balaban J connectivity index is 0.000000158. The standard InChI is InChI=1S/C14H13NO5.C10H9NO2.C4H5ClO3/c1-3-18-14(17)13(16)9-6-15(2)10-5-12-11(4-8(9)10)19-7-20-12;1-11-3-2-7-4-9-10(5-8(7)11)13-6-12-9;1-2-8-4(7)3(5)6/h4-6H,3,7H2,1-2H3;2-5H,6H2,1H3;2H2,1H3. The van der Waals surface area contributed by atoms with E-state index in [2.05, 4.69) is 15.4 Å². The maximum Gasteiger partial charge on any atom is 0.391 e. The Morgan fingerprint density at radius 2 is 1.32 bits per heavy atom. The molecule has 0 saturated carbocycles. The van der Waals surface area contributed by atoms with Gasteiger partial charge >= 0.3 is 17.2 Å². The van der Waals surface area contributed by atoms with Crippen LogP contribution in [0.1, 0.15) is 24.2 Å². The Morgan fingerprint density at radius 1 is 0.780 bits per heavy atom. The number of aryl methyl sites for hydroxylation is 2. The molecule has 6 rings (SSSR count). The highest BCUT2D eigenvalue weighted by Crippen LogP contribution is 2.38. The second-order valence-electron chi connectivity index (χ2n) is 8.61. The third-order valence-corrected chi connectivity index (χ3v) is 6.16. The molecule has 13 heteroatoms. The number of carbonyl (C=O) groups is 4. The van der Waals surface area contributed by atoms with E-state index in [9.17, 15) is 19.2 Å². The molecule has 0 aliphatic carbocycles. The van der Waals surface area contributed by atoms with E-state index in [-0.39, 0.29) is 20.0 Å². The zero-order valence-electron chi connectivity index (χ0n) is 22.7. The summed E-state index contributed by atoms with van der Waals surface area (Å²) in [6, 6.07) is 9.59. The van der Waals surface area contributed by atoms with Crippen LogP contribution in [0.2, 0.25) is 0 Å². The number of hydrogen-bond acceptors (Lipinski definition) is 10. The molecule has 2 aromatic heterocycles. The molecule has 0 amide bonds. The van der Waals surface area contributed by atoms with Crippen LogP contribution in [0.4, 0.5) is 0 Å². The number of rotatable bonds is 5. The topological polar surface area (TPSA) is 134 Å². The summed E-state index contributed by atoms with van der Waals surface area (Å²) in [5.74, 6) is 0.395. The average Bonchev–Trinajstić information content (AvgIpc) is 3.74. The van der Waals surface area contributed by atoms with E-state index in [1.807, 2.05) is 25.4 Å². The number of ether oxygens (including phenoxy) is 6. The van der Waals surface area contributed by atoms with Crippen molar-refractivity contribution in [2.45, 2.75) is 13.8 Å². The van der Waals surface area contributed by atoms with Gasteiger partial charge in [0.25, 0.3) is 5.78 Å². The van der Waals surface area contributed by atoms with Crippen LogP contribution in [0.5, 0.6) is 23.0 Å². The van der Waals surface area contributed by atoms with Crippen molar-refractivity contribution >= 4 is 56.4 Å². The summed E-state index contributed by atoms with van der Waals surface area (Å²) in [5.41, 5.74) is 2.27. The van der Waals surface area contributed by atoms with Gasteiger partial charge in [0.1, 0.15) is 0 Å². The van der Waals surface area contributed by atoms with Crippen molar-refractivity contribution in [3.8, 4) is 23.0 Å². The normalized spacial score (nSPS) is 12.2. The quantitative estimate of drug-likeness (QED) is 0.147. The molecule has 0 unspecified atom stereocenters. The lowest BCUT2D eigenvalue weighted by Crippen LogP contribution is -2.17. The Morgan fingerprint density at radius 3 is 1.88 bits per heavy atom. The number of halogens is 1. The van der Waals surface area contributed by atoms with Crippen molar-refractivity contribution in [2.75, 3.05) is 26.8 Å². The van der Waals surface area contributed by atoms with Crippen LogP contribution in [0.3, 0.4) is 0 Å². The highest BCUT2D eigenvalue weighted by Gasteiger charge is 2.25. The molecule has 4 aromatic rings. The minimum Gasteiger partial charge on any atom is -0.460 e. The fourth-order valence-electron chi connectivity index (χ4n) is 4.11. The average molecular weight is 587 g/mol. The highest BCUT2D eigenvalue weighted by atomic mass is 35.5. The van der Waals surface area contributed by atoms with E-state index in [0.29, 0.717) is 29.2 Å². The van der Waals surface area contributed by atoms with E-state index < -0.39 is 23.0 Å². The monoisotopic (exact) mass is 586 g/mol. The van der Waals surface area contributed by atoms with Gasteiger partial charge in [0.15, 0.2) is 23.0 Å². The minimum absolute atomic E-state index is 0.160. The number of aromatic nitrogens is 2. The van der Waals surface area contributed by atoms with Crippen molar-refractivity contribution in [1.29, 1.82) is 0 Å². The lowest BCUT2D eigenvalue weighted by Gasteiger charge is -2.01. The summed E-state index contributed by atoms with van der Waals surface area (Å²) in [6.07, 6.45) is 3.64. The Kier molecular flexibility index (Phi) is 9.03. The summed E-state index contributed by atoms with van der Waals surface area (Å²) >= 11 is 4.69. The SMILES string of the molecule is CCOC(=O)C(=O)Cl.CCOC(=O)C(=O)c1cn(C)c2cc3c(cc12)OCO3.Cn1ccc2cc3c(cc21)OCO3. The molecule has 4 heterocycles. The third-order valence-electron chi connectivity index (χ3n) is 6.00. The van der Waals surface area contributed by atoms with Crippen molar-refractivity contribution in [2.24, 2.45) is 14.1 Å². The zero-order valence-corrected chi connectivity index (χ0v) is 23.5. The van der Waals surface area contributed by atoms with Crippen LogP contribution in [0.25, 0.3) is 21.8 Å². The Labute approximate surface area is 239 Å². The van der Waals surface area contributed by atoms with Crippen LogP contribution >= 0.6 is 11.6 Å². The summed E-state index contributed by atoms with van der Waals surface area (Å²) in [6.45, 7) is 4.10. The number of benzene rings is 2. The second kappa shape index (κ2) is 12.6. The molecule has 2 aromatic carbocycles. The number of nitrogens with zero attached hydrogens (tertiary/aromatic N) is 2. The molecule has 0 radical (unpaired) electrons. The number of carbonyl (C=O) groups excluding carboxylic acids is 4. The van der Waals surface area contributed by atoms with E-state index in [0.717, 1.165) is 17.0 Å². The third kappa shape index (κ3) is 6.38. The summed E-state index contributed by atoms with van der Waals surface area (Å²) in [4.78, 5) is 43.6. The first kappa shape index (κ1) is 29.3. The predicted molar refractivity (Wildman–Crippen MR) is 147 cm³/mol. The first-order valence-corrected chi connectivity index (χ1v) is 12.8. The molecular weight excluding hydrogens is 560 g/mol. The van der Waals surface area contributed by atoms with Gasteiger partial charge in [-0.05, 0) is 43.6 Å². The minimum atomic E-state index is -1.08. The van der Waals surface area contributed by atoms with Crippen molar-refractivity contribution < 1.29 is 47.6 Å². The number of Topliss-reactive ketones (excluding diaryl/α,β-unsaturated/α-hetero) is 1. The molecule has 41 heavy (non-hydrogen) atoms. The van der Waals surface area contributed by atoms with Gasteiger partial charge < -0.3 is 37.6 Å².